The van der Waals surface area contributed by atoms with E-state index < -0.39 is 9.85 Å². The van der Waals surface area contributed by atoms with Crippen LogP contribution in [0.25, 0.3) is 0 Å². The SMILES string of the molecule is O=[N+]([O-])c1cc2c(O)c(c1)Cc1cccc(c1O)Cc1cc([N+](=O)[O-])cc(c1OCc1ccccc1)Cc1cccc(c1O)C2. The van der Waals surface area contributed by atoms with Gasteiger partial charge in [-0.3, -0.25) is 20.2 Å². The van der Waals surface area contributed by atoms with Crippen LogP contribution in [0.15, 0.2) is 91.0 Å². The van der Waals surface area contributed by atoms with Crippen molar-refractivity contribution in [3.05, 3.63) is 161 Å². The van der Waals surface area contributed by atoms with Crippen LogP contribution in [-0.2, 0) is 32.3 Å². The van der Waals surface area contributed by atoms with Gasteiger partial charge in [0, 0.05) is 72.2 Å². The lowest BCUT2D eigenvalue weighted by molar-refractivity contribution is -0.385. The summed E-state index contributed by atoms with van der Waals surface area (Å²) in [4.78, 5) is 22.9. The molecule has 0 spiro atoms. The molecule has 10 nitrogen and oxygen atoms in total. The Kier molecular flexibility index (Phi) is 7.78. The number of phenols is 3. The Morgan fingerprint density at radius 3 is 1.33 bits per heavy atom. The summed E-state index contributed by atoms with van der Waals surface area (Å²) in [6.45, 7) is 0.184. The molecule has 0 amide bonds. The Morgan fingerprint density at radius 2 is 0.911 bits per heavy atom. The highest BCUT2D eigenvalue weighted by Crippen LogP contribution is 2.40. The van der Waals surface area contributed by atoms with E-state index in [1.54, 1.807) is 36.4 Å². The molecule has 8 bridgehead atoms. The Labute approximate surface area is 257 Å². The molecule has 45 heavy (non-hydrogen) atoms. The van der Waals surface area contributed by atoms with Crippen LogP contribution in [0.2, 0.25) is 0 Å². The summed E-state index contributed by atoms with van der Waals surface area (Å²) < 4.78 is 6.36. The number of fused-ring (bicyclic) bond motifs is 8. The monoisotopic (exact) mass is 604 g/mol. The van der Waals surface area contributed by atoms with Gasteiger partial charge in [0.05, 0.1) is 9.85 Å². The minimum atomic E-state index is -0.548. The Hall–Kier alpha value is -5.90. The molecule has 0 heterocycles. The van der Waals surface area contributed by atoms with E-state index >= 15 is 0 Å². The van der Waals surface area contributed by atoms with Crippen molar-refractivity contribution in [1.29, 1.82) is 0 Å². The molecule has 10 heteroatoms. The first kappa shape index (κ1) is 29.2. The van der Waals surface area contributed by atoms with Gasteiger partial charge in [0.1, 0.15) is 29.6 Å². The number of rotatable bonds is 5. The molecule has 1 aliphatic carbocycles. The summed E-state index contributed by atoms with van der Waals surface area (Å²) in [5, 5.41) is 57.9. The largest absolute Gasteiger partial charge is 0.507 e. The molecule has 0 radical (unpaired) electrons. The van der Waals surface area contributed by atoms with Gasteiger partial charge in [0.25, 0.3) is 11.4 Å². The zero-order valence-corrected chi connectivity index (χ0v) is 24.0. The molecule has 0 fully saturated rings. The van der Waals surface area contributed by atoms with E-state index in [0.29, 0.717) is 39.1 Å². The third-order valence-electron chi connectivity index (χ3n) is 8.06. The van der Waals surface area contributed by atoms with Crippen LogP contribution in [0.3, 0.4) is 0 Å². The van der Waals surface area contributed by atoms with Crippen LogP contribution in [0.5, 0.6) is 23.0 Å². The number of nitrogens with zero attached hydrogens (tertiary/aromatic N) is 2. The van der Waals surface area contributed by atoms with Crippen molar-refractivity contribution < 1.29 is 29.9 Å². The summed E-state index contributed by atoms with van der Waals surface area (Å²) >= 11 is 0. The normalized spacial score (nSPS) is 12.4. The molecule has 0 aromatic heterocycles. The van der Waals surface area contributed by atoms with E-state index in [2.05, 4.69) is 0 Å². The molecule has 0 atom stereocenters. The topological polar surface area (TPSA) is 156 Å². The average molecular weight is 605 g/mol. The summed E-state index contributed by atoms with van der Waals surface area (Å²) in [7, 11) is 0. The molecule has 1 aliphatic rings. The first-order chi connectivity index (χ1) is 21.7. The van der Waals surface area contributed by atoms with E-state index in [4.69, 9.17) is 4.74 Å². The van der Waals surface area contributed by atoms with E-state index in [0.717, 1.165) is 5.56 Å². The van der Waals surface area contributed by atoms with E-state index in [1.807, 2.05) is 30.3 Å². The fraction of sp³-hybridized carbons (Fsp3) is 0.143. The number of ether oxygens (including phenoxy) is 1. The van der Waals surface area contributed by atoms with Gasteiger partial charge < -0.3 is 20.1 Å². The highest BCUT2D eigenvalue weighted by Gasteiger charge is 2.24. The summed E-state index contributed by atoms with van der Waals surface area (Å²) in [6.07, 6.45) is 0.0842. The van der Waals surface area contributed by atoms with Crippen molar-refractivity contribution in [2.75, 3.05) is 0 Å². The minimum absolute atomic E-state index is 0.0240. The number of nitro groups is 2. The molecule has 0 saturated heterocycles. The van der Waals surface area contributed by atoms with Crippen molar-refractivity contribution in [2.45, 2.75) is 32.3 Å². The van der Waals surface area contributed by atoms with Gasteiger partial charge in [0.15, 0.2) is 0 Å². The third-order valence-corrected chi connectivity index (χ3v) is 8.06. The highest BCUT2D eigenvalue weighted by atomic mass is 16.6. The predicted molar refractivity (Wildman–Crippen MR) is 166 cm³/mol. The second-order valence-electron chi connectivity index (χ2n) is 11.1. The molecule has 3 N–H and O–H groups in total. The standard InChI is InChI=1S/C35H28N2O8/c38-32-22-8-4-10-24(32)14-28-18-31(37(43)44)19-29(35(28)45-20-21-6-2-1-3-7-21)15-25-11-5-9-23(33(25)39)13-27-17-30(36(41)42)16-26(12-22)34(27)40/h1-11,16-19,38-40H,12-15,20H2. The lowest BCUT2D eigenvalue weighted by Crippen LogP contribution is -2.06. The molecule has 0 unspecified atom stereocenters. The first-order valence-corrected chi connectivity index (χ1v) is 14.2. The first-order valence-electron chi connectivity index (χ1n) is 14.2. The van der Waals surface area contributed by atoms with Crippen molar-refractivity contribution in [3.63, 3.8) is 0 Å². The molecule has 0 aliphatic heterocycles. The van der Waals surface area contributed by atoms with Crippen LogP contribution in [0, 0.1) is 20.2 Å². The smallest absolute Gasteiger partial charge is 0.270 e. The number of non-ortho nitro benzene ring substituents is 2. The van der Waals surface area contributed by atoms with Crippen molar-refractivity contribution in [2.24, 2.45) is 0 Å². The lowest BCUT2D eigenvalue weighted by atomic mass is 9.91. The second kappa shape index (κ2) is 12.0. The van der Waals surface area contributed by atoms with Crippen molar-refractivity contribution >= 4 is 11.4 Å². The van der Waals surface area contributed by atoms with E-state index in [-0.39, 0.29) is 72.0 Å². The minimum Gasteiger partial charge on any atom is -0.507 e. The Balaban J connectivity index is 1.57. The zero-order valence-electron chi connectivity index (χ0n) is 24.0. The summed E-state index contributed by atoms with van der Waals surface area (Å²) in [6, 6.07) is 25.0. The van der Waals surface area contributed by atoms with Crippen molar-refractivity contribution in [3.8, 4) is 23.0 Å². The number of para-hydroxylation sites is 2. The highest BCUT2D eigenvalue weighted by molar-refractivity contribution is 5.59. The molecule has 5 aromatic rings. The number of nitro benzene ring substituents is 2. The van der Waals surface area contributed by atoms with Crippen LogP contribution in [-0.4, -0.2) is 25.2 Å². The van der Waals surface area contributed by atoms with Crippen LogP contribution in [0.4, 0.5) is 11.4 Å². The summed E-state index contributed by atoms with van der Waals surface area (Å²) in [5.41, 5.74) is 3.61. The van der Waals surface area contributed by atoms with E-state index in [9.17, 15) is 35.5 Å². The van der Waals surface area contributed by atoms with Gasteiger partial charge in [0.2, 0.25) is 0 Å². The zero-order chi connectivity index (χ0) is 31.7. The van der Waals surface area contributed by atoms with Gasteiger partial charge in [-0.1, -0.05) is 66.7 Å². The third kappa shape index (κ3) is 5.98. The fourth-order valence-electron chi connectivity index (χ4n) is 5.82. The summed E-state index contributed by atoms with van der Waals surface area (Å²) in [5.74, 6) is 0.0494. The maximum absolute atomic E-state index is 12.1. The lowest BCUT2D eigenvalue weighted by Gasteiger charge is -2.19. The second-order valence-corrected chi connectivity index (χ2v) is 11.1. The Morgan fingerprint density at radius 1 is 0.533 bits per heavy atom. The Bertz CT molecular complexity index is 1860. The molecule has 6 rings (SSSR count). The maximum atomic E-state index is 12.1. The number of aromatic hydroxyl groups is 3. The average Bonchev–Trinajstić information content (AvgIpc) is 3.02. The molecular weight excluding hydrogens is 576 g/mol. The fourth-order valence-corrected chi connectivity index (χ4v) is 5.82. The molecule has 0 saturated carbocycles. The number of hydrogen-bond acceptors (Lipinski definition) is 8. The molecular formula is C35H28N2O8. The van der Waals surface area contributed by atoms with Gasteiger partial charge in [-0.25, -0.2) is 0 Å². The van der Waals surface area contributed by atoms with Gasteiger partial charge in [-0.05, 0) is 27.8 Å². The van der Waals surface area contributed by atoms with Crippen LogP contribution >= 0.6 is 0 Å². The van der Waals surface area contributed by atoms with Crippen molar-refractivity contribution in [1.82, 2.24) is 0 Å². The molecule has 5 aromatic carbocycles. The maximum Gasteiger partial charge on any atom is 0.270 e. The quantitative estimate of drug-likeness (QED) is 0.142. The molecule has 226 valence electrons. The van der Waals surface area contributed by atoms with Crippen LogP contribution < -0.4 is 4.74 Å². The number of hydrogen-bond donors (Lipinski definition) is 3. The van der Waals surface area contributed by atoms with Crippen LogP contribution in [0.1, 0.15) is 50.1 Å². The van der Waals surface area contributed by atoms with E-state index in [1.165, 1.54) is 24.3 Å². The van der Waals surface area contributed by atoms with Gasteiger partial charge >= 0.3 is 0 Å². The van der Waals surface area contributed by atoms with Gasteiger partial charge in [-0.2, -0.15) is 0 Å². The number of benzene rings is 5. The number of phenolic OH excluding ortho intramolecular Hbond substituents is 3. The van der Waals surface area contributed by atoms with Gasteiger partial charge in [-0.15, -0.1) is 0 Å². The predicted octanol–water partition coefficient (Wildman–Crippen LogP) is 6.88.